The van der Waals surface area contributed by atoms with E-state index in [2.05, 4.69) is 204 Å². The lowest BCUT2D eigenvalue weighted by Gasteiger charge is -2.36. The molecule has 2 nitrogen and oxygen atoms in total. The highest BCUT2D eigenvalue weighted by molar-refractivity contribution is 5.98. The fourth-order valence-corrected chi connectivity index (χ4v) is 7.68. The van der Waals surface area contributed by atoms with Gasteiger partial charge in [-0.15, -0.1) is 0 Å². The lowest BCUT2D eigenvalue weighted by atomic mass is 9.91. The molecule has 2 unspecified atom stereocenters. The van der Waals surface area contributed by atoms with E-state index in [0.29, 0.717) is 0 Å². The number of para-hydroxylation sites is 2. The Balaban J connectivity index is 1.23. The summed E-state index contributed by atoms with van der Waals surface area (Å²) in [6.07, 6.45) is 5.01. The second kappa shape index (κ2) is 12.2. The first-order chi connectivity index (χ1) is 24.2. The van der Waals surface area contributed by atoms with E-state index >= 15 is 0 Å². The summed E-state index contributed by atoms with van der Waals surface area (Å²) in [4.78, 5) is 2.51. The van der Waals surface area contributed by atoms with Crippen molar-refractivity contribution in [2.45, 2.75) is 13.0 Å². The molecule has 8 aromatic rings. The molecule has 0 spiro atoms. The maximum absolute atomic E-state index is 2.51. The first-order valence-electron chi connectivity index (χ1n) is 17.1. The Morgan fingerprint density at radius 2 is 1.12 bits per heavy atom. The van der Waals surface area contributed by atoms with Gasteiger partial charge in [0.15, 0.2) is 0 Å². The number of hydrogen-bond donors (Lipinski definition) is 0. The van der Waals surface area contributed by atoms with Gasteiger partial charge in [0.25, 0.3) is 0 Å². The summed E-state index contributed by atoms with van der Waals surface area (Å²) in [5, 5.41) is 6.37. The summed E-state index contributed by atoms with van der Waals surface area (Å²) in [7, 11) is 0. The molecule has 49 heavy (non-hydrogen) atoms. The van der Waals surface area contributed by atoms with E-state index in [9.17, 15) is 0 Å². The van der Waals surface area contributed by atoms with Crippen LogP contribution in [-0.4, -0.2) is 10.6 Å². The highest BCUT2D eigenvalue weighted by Gasteiger charge is 2.28. The molecule has 1 aliphatic rings. The van der Waals surface area contributed by atoms with Gasteiger partial charge < -0.3 is 9.47 Å². The van der Waals surface area contributed by atoms with Crippen molar-refractivity contribution in [1.29, 1.82) is 0 Å². The first kappa shape index (κ1) is 29.1. The normalized spacial score (nSPS) is 15.4. The molecule has 1 heterocycles. The molecule has 0 saturated heterocycles. The minimum atomic E-state index is 0.0911. The van der Waals surface area contributed by atoms with Crippen molar-refractivity contribution in [3.63, 3.8) is 0 Å². The maximum Gasteiger partial charge on any atom is 0.0605 e. The first-order valence-corrected chi connectivity index (χ1v) is 17.1. The maximum atomic E-state index is 2.51. The molecule has 1 aliphatic carbocycles. The summed E-state index contributed by atoms with van der Waals surface area (Å²) in [5.74, 6) is 0.242. The highest BCUT2D eigenvalue weighted by Crippen LogP contribution is 2.36. The number of aromatic nitrogens is 1. The zero-order valence-corrected chi connectivity index (χ0v) is 27.4. The molecule has 0 N–H and O–H groups in total. The van der Waals surface area contributed by atoms with Crippen LogP contribution in [0.25, 0.3) is 61.8 Å². The van der Waals surface area contributed by atoms with Gasteiger partial charge >= 0.3 is 0 Å². The summed E-state index contributed by atoms with van der Waals surface area (Å²) in [6, 6.07) is 63.7. The lowest BCUT2D eigenvalue weighted by molar-refractivity contribution is 0.659. The Morgan fingerprint density at radius 3 is 1.88 bits per heavy atom. The minimum Gasteiger partial charge on any atom is -0.334 e. The van der Waals surface area contributed by atoms with E-state index in [-0.39, 0.29) is 12.0 Å². The molecular formula is C47H36N2. The molecule has 1 aromatic heterocycles. The van der Waals surface area contributed by atoms with Crippen LogP contribution in [0.15, 0.2) is 176 Å². The van der Waals surface area contributed by atoms with Gasteiger partial charge in [-0.3, -0.25) is 0 Å². The Bertz CT molecular complexity index is 2550. The SMILES string of the molecule is CC1C=c2c(n(-c3ccccc3)c3cccc(-c4ccccc4)c23)=CC1N(c1ccccc1)c1ccc(-c2ccc3ccccc3c2)cc1. The predicted octanol–water partition coefficient (Wildman–Crippen LogP) is 10.5. The van der Waals surface area contributed by atoms with Crippen molar-refractivity contribution in [1.82, 2.24) is 4.57 Å². The standard InChI is InChI=1S/C47H36N2/c1-33-30-43-46(49(40-20-9-4-10-21-40)44-23-13-22-42(47(43)44)36-15-5-2-6-16-36)32-45(33)48(39-18-7-3-8-19-39)41-28-26-35(27-29-41)38-25-24-34-14-11-12-17-37(34)31-38/h2-33,45H,1H3. The van der Waals surface area contributed by atoms with Crippen molar-refractivity contribution in [3.05, 3.63) is 186 Å². The zero-order chi connectivity index (χ0) is 32.7. The van der Waals surface area contributed by atoms with Gasteiger partial charge in [0.2, 0.25) is 0 Å². The largest absolute Gasteiger partial charge is 0.334 e. The third-order valence-electron chi connectivity index (χ3n) is 10.0. The molecule has 0 amide bonds. The molecule has 234 valence electrons. The van der Waals surface area contributed by atoms with E-state index in [0.717, 1.165) is 0 Å². The average molecular weight is 629 g/mol. The summed E-state index contributed by atoms with van der Waals surface area (Å²) < 4.78 is 2.46. The summed E-state index contributed by atoms with van der Waals surface area (Å²) >= 11 is 0. The Kier molecular flexibility index (Phi) is 7.21. The zero-order valence-electron chi connectivity index (χ0n) is 27.4. The number of rotatable bonds is 6. The van der Waals surface area contributed by atoms with Crippen LogP contribution in [0.1, 0.15) is 6.92 Å². The van der Waals surface area contributed by atoms with Crippen molar-refractivity contribution in [3.8, 4) is 27.9 Å². The van der Waals surface area contributed by atoms with Crippen LogP contribution in [-0.2, 0) is 0 Å². The van der Waals surface area contributed by atoms with Crippen LogP contribution in [0.2, 0.25) is 0 Å². The van der Waals surface area contributed by atoms with E-state index < -0.39 is 0 Å². The van der Waals surface area contributed by atoms with E-state index in [1.807, 2.05) is 0 Å². The quantitative estimate of drug-likeness (QED) is 0.178. The van der Waals surface area contributed by atoms with Crippen LogP contribution in [0.5, 0.6) is 0 Å². The molecule has 0 bridgehead atoms. The van der Waals surface area contributed by atoms with Crippen molar-refractivity contribution in [2.24, 2.45) is 5.92 Å². The Hall–Kier alpha value is -6.12. The summed E-state index contributed by atoms with van der Waals surface area (Å²) in [5.41, 5.74) is 9.70. The fourth-order valence-electron chi connectivity index (χ4n) is 7.68. The monoisotopic (exact) mass is 628 g/mol. The molecule has 2 heteroatoms. The van der Waals surface area contributed by atoms with Crippen LogP contribution in [0.3, 0.4) is 0 Å². The molecule has 0 aliphatic heterocycles. The molecular weight excluding hydrogens is 593 g/mol. The number of anilines is 2. The molecule has 2 atom stereocenters. The number of nitrogens with zero attached hydrogens (tertiary/aromatic N) is 2. The van der Waals surface area contributed by atoms with Gasteiger partial charge in [0, 0.05) is 27.7 Å². The summed E-state index contributed by atoms with van der Waals surface area (Å²) in [6.45, 7) is 2.36. The van der Waals surface area contributed by atoms with Gasteiger partial charge in [0.1, 0.15) is 0 Å². The van der Waals surface area contributed by atoms with Crippen molar-refractivity contribution >= 4 is 45.2 Å². The lowest BCUT2D eigenvalue weighted by Crippen LogP contribution is -2.43. The van der Waals surface area contributed by atoms with E-state index in [1.165, 1.54) is 71.6 Å². The molecule has 0 saturated carbocycles. The highest BCUT2D eigenvalue weighted by atomic mass is 15.2. The van der Waals surface area contributed by atoms with Crippen LogP contribution in [0, 0.1) is 5.92 Å². The van der Waals surface area contributed by atoms with Gasteiger partial charge in [0.05, 0.1) is 16.9 Å². The topological polar surface area (TPSA) is 8.17 Å². The van der Waals surface area contributed by atoms with E-state index in [4.69, 9.17) is 0 Å². The van der Waals surface area contributed by atoms with Gasteiger partial charge in [-0.05, 0) is 93.6 Å². The van der Waals surface area contributed by atoms with Gasteiger partial charge in [-0.2, -0.15) is 0 Å². The number of benzene rings is 7. The fraction of sp³-hybridized carbons (Fsp3) is 0.0638. The average Bonchev–Trinajstić information content (AvgIpc) is 3.49. The minimum absolute atomic E-state index is 0.0911. The van der Waals surface area contributed by atoms with Crippen LogP contribution >= 0.6 is 0 Å². The molecule has 0 fully saturated rings. The number of fused-ring (bicyclic) bond motifs is 4. The smallest absolute Gasteiger partial charge is 0.0605 e. The molecule has 7 aromatic carbocycles. The molecule has 0 radical (unpaired) electrons. The second-order valence-electron chi connectivity index (χ2n) is 13.0. The third kappa shape index (κ3) is 5.14. The Labute approximate surface area is 287 Å². The van der Waals surface area contributed by atoms with Crippen LogP contribution < -0.4 is 15.5 Å². The van der Waals surface area contributed by atoms with Gasteiger partial charge in [-0.25, -0.2) is 0 Å². The predicted molar refractivity (Wildman–Crippen MR) is 208 cm³/mol. The third-order valence-corrected chi connectivity index (χ3v) is 10.0. The van der Waals surface area contributed by atoms with Gasteiger partial charge in [-0.1, -0.05) is 140 Å². The van der Waals surface area contributed by atoms with Crippen molar-refractivity contribution < 1.29 is 0 Å². The van der Waals surface area contributed by atoms with Crippen LogP contribution in [0.4, 0.5) is 11.4 Å². The van der Waals surface area contributed by atoms with E-state index in [1.54, 1.807) is 0 Å². The van der Waals surface area contributed by atoms with Crippen molar-refractivity contribution in [2.75, 3.05) is 4.90 Å². The molecule has 9 rings (SSSR count). The second-order valence-corrected chi connectivity index (χ2v) is 13.0. The Morgan fingerprint density at radius 1 is 0.490 bits per heavy atom. The number of hydrogen-bond acceptors (Lipinski definition) is 1.